The van der Waals surface area contributed by atoms with Gasteiger partial charge in [-0.3, -0.25) is 4.57 Å². The van der Waals surface area contributed by atoms with E-state index in [4.69, 9.17) is 26.8 Å². The normalized spacial score (nSPS) is 26.9. The lowest BCUT2D eigenvalue weighted by Gasteiger charge is -2.30. The zero-order valence-electron chi connectivity index (χ0n) is 19.5. The molecule has 0 saturated carbocycles. The second-order valence-corrected chi connectivity index (χ2v) is 9.21. The number of nitrogens with two attached hydrogens (primary N) is 1. The number of aliphatic hydroxyl groups is 2. The maximum absolute atomic E-state index is 12.6. The number of amidine groups is 1. The van der Waals surface area contributed by atoms with E-state index in [1.807, 2.05) is 0 Å². The summed E-state index contributed by atoms with van der Waals surface area (Å²) >= 11 is 5.95. The summed E-state index contributed by atoms with van der Waals surface area (Å²) in [5.74, 6) is -1.42. The van der Waals surface area contributed by atoms with E-state index < -0.39 is 42.2 Å². The van der Waals surface area contributed by atoms with Gasteiger partial charge in [0, 0.05) is 6.42 Å². The predicted octanol–water partition coefficient (Wildman–Crippen LogP) is 0.976. The fraction of sp³-hybridized carbons (Fsp3) is 0.409. The molecular weight excluding hydrogens is 508 g/mol. The van der Waals surface area contributed by atoms with Crippen molar-refractivity contribution in [1.82, 2.24) is 19.5 Å². The maximum atomic E-state index is 12.6. The summed E-state index contributed by atoms with van der Waals surface area (Å²) in [6.07, 6.45) is -2.61. The average molecular weight is 531 g/mol. The van der Waals surface area contributed by atoms with Crippen molar-refractivity contribution in [1.29, 1.82) is 0 Å². The number of rotatable bonds is 8. The lowest BCUT2D eigenvalue weighted by atomic mass is 9.92. The third-order valence-electron chi connectivity index (χ3n) is 6.37. The molecule has 3 aromatic rings. The fourth-order valence-corrected chi connectivity index (χ4v) is 4.60. The minimum atomic E-state index is -2.01. The van der Waals surface area contributed by atoms with Crippen molar-refractivity contribution >= 4 is 40.4 Å². The minimum absolute atomic E-state index is 0.0247. The van der Waals surface area contributed by atoms with Crippen LogP contribution in [0.1, 0.15) is 18.7 Å². The summed E-state index contributed by atoms with van der Waals surface area (Å²) in [6, 6.07) is 8.83. The monoisotopic (exact) mass is 530 g/mol. The number of aliphatic hydroxyl groups excluding tert-OH is 1. The molecule has 5 rings (SSSR count). The Hall–Kier alpha value is -3.56. The second kappa shape index (κ2) is 9.39. The number of anilines is 1. The number of aromatic nitrogens is 4. The molecule has 0 amide bonds. The first-order chi connectivity index (χ1) is 17.6. The SMILES string of the molecule is C[C@@]1(O)[C@H](O)[C@@H](COC(Cc2ccccc2)(C(=O)O)C2=NCN=N2)O[C@H]1n1cnc2c(N)nc(Cl)nc21. The van der Waals surface area contributed by atoms with Crippen LogP contribution >= 0.6 is 11.6 Å². The van der Waals surface area contributed by atoms with Gasteiger partial charge in [0.2, 0.25) is 10.9 Å². The van der Waals surface area contributed by atoms with Crippen LogP contribution in [0, 0.1) is 0 Å². The summed E-state index contributed by atoms with van der Waals surface area (Å²) in [4.78, 5) is 28.8. The Kier molecular flexibility index (Phi) is 6.37. The highest BCUT2D eigenvalue weighted by molar-refractivity contribution is 6.28. The molecule has 37 heavy (non-hydrogen) atoms. The van der Waals surface area contributed by atoms with Gasteiger partial charge in [0.05, 0.1) is 12.9 Å². The molecule has 0 aliphatic carbocycles. The molecule has 1 aromatic carbocycles. The van der Waals surface area contributed by atoms with Crippen LogP contribution in [0.5, 0.6) is 0 Å². The van der Waals surface area contributed by atoms with Crippen LogP contribution in [0.3, 0.4) is 0 Å². The molecule has 2 aliphatic rings. The van der Waals surface area contributed by atoms with E-state index in [1.54, 1.807) is 30.3 Å². The largest absolute Gasteiger partial charge is 0.479 e. The van der Waals surface area contributed by atoms with Gasteiger partial charge in [-0.1, -0.05) is 30.3 Å². The summed E-state index contributed by atoms with van der Waals surface area (Å²) in [7, 11) is 0. The molecule has 2 aromatic heterocycles. The number of hydrogen-bond acceptors (Lipinski definition) is 12. The van der Waals surface area contributed by atoms with Gasteiger partial charge >= 0.3 is 5.97 Å². The van der Waals surface area contributed by atoms with Crippen molar-refractivity contribution in [2.24, 2.45) is 15.2 Å². The summed E-state index contributed by atoms with van der Waals surface area (Å²) in [5.41, 5.74) is 3.08. The number of benzene rings is 1. The van der Waals surface area contributed by atoms with E-state index >= 15 is 0 Å². The summed E-state index contributed by atoms with van der Waals surface area (Å²) in [6.45, 7) is 0.916. The number of fused-ring (bicyclic) bond motifs is 1. The average Bonchev–Trinajstić information content (AvgIpc) is 3.58. The van der Waals surface area contributed by atoms with Gasteiger partial charge in [-0.25, -0.2) is 14.8 Å². The van der Waals surface area contributed by atoms with Gasteiger partial charge in [0.1, 0.15) is 23.3 Å². The molecule has 1 saturated heterocycles. The number of carboxylic acid groups (broad SMARTS) is 1. The molecule has 4 heterocycles. The predicted molar refractivity (Wildman–Crippen MR) is 129 cm³/mol. The van der Waals surface area contributed by atoms with Crippen molar-refractivity contribution in [3.63, 3.8) is 0 Å². The van der Waals surface area contributed by atoms with Gasteiger partial charge in [0.15, 0.2) is 30.2 Å². The van der Waals surface area contributed by atoms with Crippen LogP contribution in [0.25, 0.3) is 11.2 Å². The van der Waals surface area contributed by atoms with Gasteiger partial charge in [-0.15, -0.1) is 5.11 Å². The molecule has 5 atom stereocenters. The van der Waals surface area contributed by atoms with Crippen molar-refractivity contribution < 1.29 is 29.6 Å². The van der Waals surface area contributed by atoms with Crippen LogP contribution < -0.4 is 5.73 Å². The molecule has 1 fully saturated rings. The van der Waals surface area contributed by atoms with Gasteiger partial charge in [0.25, 0.3) is 0 Å². The Labute approximate surface area is 214 Å². The Morgan fingerprint density at radius 1 is 1.35 bits per heavy atom. The second-order valence-electron chi connectivity index (χ2n) is 8.87. The smallest absolute Gasteiger partial charge is 0.344 e. The molecule has 5 N–H and O–H groups in total. The van der Waals surface area contributed by atoms with Crippen molar-refractivity contribution in [2.45, 2.75) is 43.0 Å². The minimum Gasteiger partial charge on any atom is -0.479 e. The highest BCUT2D eigenvalue weighted by Gasteiger charge is 2.55. The molecular formula is C22H23ClN8O6. The number of imidazole rings is 1. The topological polar surface area (TPSA) is 203 Å². The summed E-state index contributed by atoms with van der Waals surface area (Å²) < 4.78 is 13.3. The van der Waals surface area contributed by atoms with E-state index in [1.165, 1.54) is 17.8 Å². The van der Waals surface area contributed by atoms with Crippen LogP contribution in [0.2, 0.25) is 5.28 Å². The van der Waals surface area contributed by atoms with Crippen LogP contribution in [0.4, 0.5) is 5.82 Å². The number of nitrogen functional groups attached to an aromatic ring is 1. The quantitative estimate of drug-likeness (QED) is 0.304. The maximum Gasteiger partial charge on any atom is 0.344 e. The molecule has 14 nitrogen and oxygen atoms in total. The number of ether oxygens (including phenoxy) is 2. The van der Waals surface area contributed by atoms with Crippen molar-refractivity contribution in [3.05, 3.63) is 47.5 Å². The number of aliphatic imine (C=N–C) groups is 1. The first-order valence-electron chi connectivity index (χ1n) is 11.2. The van der Waals surface area contributed by atoms with Crippen molar-refractivity contribution in [2.75, 3.05) is 19.0 Å². The molecule has 0 bridgehead atoms. The fourth-order valence-electron chi connectivity index (χ4n) is 4.43. The number of hydrogen-bond donors (Lipinski definition) is 4. The lowest BCUT2D eigenvalue weighted by Crippen LogP contribution is -2.52. The Bertz CT molecular complexity index is 1400. The van der Waals surface area contributed by atoms with E-state index in [2.05, 4.69) is 30.2 Å². The number of carboxylic acids is 1. The van der Waals surface area contributed by atoms with E-state index in [0.717, 1.165) is 0 Å². The van der Waals surface area contributed by atoms with Crippen LogP contribution in [0.15, 0.2) is 51.9 Å². The highest BCUT2D eigenvalue weighted by Crippen LogP contribution is 2.40. The lowest BCUT2D eigenvalue weighted by molar-refractivity contribution is -0.162. The number of carbonyl (C=O) groups is 1. The number of halogens is 1. The molecule has 2 aliphatic heterocycles. The van der Waals surface area contributed by atoms with Crippen molar-refractivity contribution in [3.8, 4) is 0 Å². The van der Waals surface area contributed by atoms with Crippen LogP contribution in [-0.4, -0.2) is 83.3 Å². The Balaban J connectivity index is 1.44. The van der Waals surface area contributed by atoms with E-state index in [-0.39, 0.29) is 41.2 Å². The number of nitrogens with zero attached hydrogens (tertiary/aromatic N) is 7. The summed E-state index contributed by atoms with van der Waals surface area (Å²) in [5, 5.41) is 39.9. The molecule has 1 unspecified atom stereocenters. The highest BCUT2D eigenvalue weighted by atomic mass is 35.5. The number of azo groups is 1. The Morgan fingerprint density at radius 2 is 2.11 bits per heavy atom. The zero-order chi connectivity index (χ0) is 26.4. The van der Waals surface area contributed by atoms with Gasteiger partial charge in [-0.2, -0.15) is 15.1 Å². The zero-order valence-corrected chi connectivity index (χ0v) is 20.2. The molecule has 0 radical (unpaired) electrons. The van der Waals surface area contributed by atoms with Gasteiger partial charge in [-0.05, 0) is 24.1 Å². The molecule has 15 heteroatoms. The van der Waals surface area contributed by atoms with Gasteiger partial charge < -0.3 is 30.5 Å². The third-order valence-corrected chi connectivity index (χ3v) is 6.54. The first kappa shape index (κ1) is 25.1. The van der Waals surface area contributed by atoms with E-state index in [0.29, 0.717) is 5.56 Å². The standard InChI is InChI=1S/C22H23ClN8O6/c1-21(35)14(32)12(37-18(21)31-10-26-13-15(24)28-20(23)29-16(13)31)8-36-22(19(33)34,17-25-9-27-30-17)7-11-5-3-2-4-6-11/h2-6,10,12,14,18,32,35H,7-9H2,1H3,(H,33,34)(H2,24,28,29)/t12-,14-,18-,21-,22?/m1/s1. The van der Waals surface area contributed by atoms with E-state index in [9.17, 15) is 20.1 Å². The number of aliphatic carboxylic acids is 1. The molecule has 0 spiro atoms. The third kappa shape index (κ3) is 4.32. The van der Waals surface area contributed by atoms with Crippen LogP contribution in [-0.2, 0) is 20.7 Å². The molecule has 194 valence electrons. The Morgan fingerprint density at radius 3 is 2.78 bits per heavy atom. The first-order valence-corrected chi connectivity index (χ1v) is 11.6.